The summed E-state index contributed by atoms with van der Waals surface area (Å²) in [4.78, 5) is 6.50. The van der Waals surface area contributed by atoms with Crippen molar-refractivity contribution in [3.8, 4) is 0 Å². The summed E-state index contributed by atoms with van der Waals surface area (Å²) in [7, 11) is 0. The number of hydrogen-bond acceptors (Lipinski definition) is 5. The van der Waals surface area contributed by atoms with E-state index in [9.17, 15) is 17.6 Å². The van der Waals surface area contributed by atoms with Gasteiger partial charge in [-0.15, -0.1) is 15.3 Å². The Morgan fingerprint density at radius 3 is 2.61 bits per heavy atom. The Balaban J connectivity index is 1.50. The number of halogens is 4. The van der Waals surface area contributed by atoms with Gasteiger partial charge in [0.15, 0.2) is 11.5 Å². The topological polar surface area (TPSA) is 59.2 Å². The molecular formula is C23H20F4N6. The highest BCUT2D eigenvalue weighted by atomic mass is 19.4. The van der Waals surface area contributed by atoms with Gasteiger partial charge in [-0.25, -0.2) is 4.39 Å². The van der Waals surface area contributed by atoms with Crippen LogP contribution in [0.1, 0.15) is 39.3 Å². The summed E-state index contributed by atoms with van der Waals surface area (Å²) in [6, 6.07) is 8.59. The predicted molar refractivity (Wildman–Crippen MR) is 113 cm³/mol. The Morgan fingerprint density at radius 2 is 1.85 bits per heavy atom. The van der Waals surface area contributed by atoms with E-state index in [1.54, 1.807) is 31.3 Å². The van der Waals surface area contributed by atoms with Gasteiger partial charge in [-0.2, -0.15) is 17.7 Å². The highest BCUT2D eigenvalue weighted by Crippen LogP contribution is 2.32. The molecule has 1 aromatic carbocycles. The fraction of sp³-hybridized carbons (Fsp3) is 0.304. The summed E-state index contributed by atoms with van der Waals surface area (Å²) < 4.78 is 55.0. The molecule has 33 heavy (non-hydrogen) atoms. The largest absolute Gasteiger partial charge is 0.453 e. The molecule has 0 spiro atoms. The Labute approximate surface area is 186 Å². The van der Waals surface area contributed by atoms with Gasteiger partial charge in [-0.05, 0) is 36.6 Å². The maximum absolute atomic E-state index is 14.1. The minimum atomic E-state index is -4.66. The minimum absolute atomic E-state index is 0.0924. The van der Waals surface area contributed by atoms with E-state index in [0.717, 1.165) is 26.9 Å². The van der Waals surface area contributed by atoms with Gasteiger partial charge < -0.3 is 4.90 Å². The number of aryl methyl sites for hydroxylation is 1. The lowest BCUT2D eigenvalue weighted by molar-refractivity contribution is -0.146. The van der Waals surface area contributed by atoms with Crippen LogP contribution in [0, 0.1) is 19.7 Å². The van der Waals surface area contributed by atoms with Crippen LogP contribution in [0.15, 0.2) is 36.5 Å². The molecule has 4 heterocycles. The first-order valence-electron chi connectivity index (χ1n) is 10.5. The molecule has 4 aromatic rings. The van der Waals surface area contributed by atoms with E-state index in [2.05, 4.69) is 20.3 Å². The molecule has 0 fully saturated rings. The number of nitrogens with zero attached hydrogens (tertiary/aromatic N) is 6. The van der Waals surface area contributed by atoms with Crippen LogP contribution >= 0.6 is 0 Å². The highest BCUT2D eigenvalue weighted by molar-refractivity contribution is 5.60. The maximum Gasteiger partial charge on any atom is 0.453 e. The lowest BCUT2D eigenvalue weighted by Gasteiger charge is -2.31. The predicted octanol–water partition coefficient (Wildman–Crippen LogP) is 4.45. The van der Waals surface area contributed by atoms with Crippen LogP contribution in [0.2, 0.25) is 0 Å². The molecular weight excluding hydrogens is 436 g/mol. The second-order valence-electron chi connectivity index (χ2n) is 8.22. The third-order valence-electron chi connectivity index (χ3n) is 6.07. The molecule has 5 rings (SSSR count). The summed E-state index contributed by atoms with van der Waals surface area (Å²) in [5.41, 5.74) is 4.78. The van der Waals surface area contributed by atoms with Crippen molar-refractivity contribution in [1.82, 2.24) is 24.8 Å². The molecule has 0 amide bonds. The third-order valence-corrected chi connectivity index (χ3v) is 6.07. The smallest absolute Gasteiger partial charge is 0.350 e. The quantitative estimate of drug-likeness (QED) is 0.427. The van der Waals surface area contributed by atoms with Gasteiger partial charge >= 0.3 is 6.18 Å². The first-order valence-corrected chi connectivity index (χ1v) is 10.5. The van der Waals surface area contributed by atoms with Gasteiger partial charge in [0.1, 0.15) is 5.82 Å². The fourth-order valence-corrected chi connectivity index (χ4v) is 4.21. The highest BCUT2D eigenvalue weighted by Gasteiger charge is 2.38. The standard InChI is InChI=1S/C23H20F4N6/c1-13-14(2)21(31-33-20(13)29-30-22(33)23(25,26)27)32-8-7-19-17(12-32)10-15(11-28-19)9-16-5-3-4-6-18(16)24/h3-6,10-11H,7-9,12H2,1-2H3. The zero-order valence-electron chi connectivity index (χ0n) is 18.0. The van der Waals surface area contributed by atoms with Gasteiger partial charge in [0.25, 0.3) is 5.82 Å². The summed E-state index contributed by atoms with van der Waals surface area (Å²) in [5.74, 6) is -0.960. The average molecular weight is 456 g/mol. The van der Waals surface area contributed by atoms with Crippen LogP contribution in [0.25, 0.3) is 5.65 Å². The van der Waals surface area contributed by atoms with Crippen molar-refractivity contribution < 1.29 is 17.6 Å². The maximum atomic E-state index is 14.1. The molecule has 0 atom stereocenters. The van der Waals surface area contributed by atoms with Crippen LogP contribution in [0.3, 0.4) is 0 Å². The lowest BCUT2D eigenvalue weighted by atomic mass is 9.99. The SMILES string of the molecule is Cc1c(N2CCc3ncc(Cc4ccccc4F)cc3C2)nn2c(C(F)(F)F)nnc2c1C. The van der Waals surface area contributed by atoms with Crippen molar-refractivity contribution in [2.24, 2.45) is 0 Å². The van der Waals surface area contributed by atoms with E-state index in [4.69, 9.17) is 0 Å². The van der Waals surface area contributed by atoms with Crippen LogP contribution in [0.4, 0.5) is 23.4 Å². The number of fused-ring (bicyclic) bond motifs is 2. The van der Waals surface area contributed by atoms with Crippen molar-refractivity contribution in [1.29, 1.82) is 0 Å². The normalized spacial score (nSPS) is 14.1. The summed E-state index contributed by atoms with van der Waals surface area (Å²) in [6.07, 6.45) is -1.87. The zero-order chi connectivity index (χ0) is 23.3. The summed E-state index contributed by atoms with van der Waals surface area (Å²) in [6.45, 7) is 4.54. The third kappa shape index (κ3) is 3.79. The molecule has 0 bridgehead atoms. The van der Waals surface area contributed by atoms with Gasteiger partial charge in [-0.3, -0.25) is 4.98 Å². The van der Waals surface area contributed by atoms with Crippen LogP contribution < -0.4 is 4.90 Å². The van der Waals surface area contributed by atoms with Crippen LogP contribution in [-0.2, 0) is 25.6 Å². The first kappa shape index (κ1) is 21.3. The van der Waals surface area contributed by atoms with Gasteiger partial charge in [-0.1, -0.05) is 24.3 Å². The molecule has 0 radical (unpaired) electrons. The minimum Gasteiger partial charge on any atom is -0.350 e. The van der Waals surface area contributed by atoms with E-state index >= 15 is 0 Å². The Hall–Kier alpha value is -3.56. The molecule has 0 N–H and O–H groups in total. The molecule has 0 saturated heterocycles. The van der Waals surface area contributed by atoms with Crippen molar-refractivity contribution in [3.05, 3.63) is 81.7 Å². The molecule has 1 aliphatic rings. The molecule has 0 saturated carbocycles. The van der Waals surface area contributed by atoms with Crippen molar-refractivity contribution in [2.75, 3.05) is 11.4 Å². The second-order valence-corrected chi connectivity index (χ2v) is 8.22. The van der Waals surface area contributed by atoms with Crippen LogP contribution in [0.5, 0.6) is 0 Å². The van der Waals surface area contributed by atoms with Crippen molar-refractivity contribution in [3.63, 3.8) is 0 Å². The Bertz CT molecular complexity index is 1360. The van der Waals surface area contributed by atoms with E-state index < -0.39 is 12.0 Å². The number of pyridine rings is 1. The molecule has 0 unspecified atom stereocenters. The molecule has 10 heteroatoms. The van der Waals surface area contributed by atoms with Crippen LogP contribution in [-0.4, -0.2) is 31.3 Å². The number of aromatic nitrogens is 5. The van der Waals surface area contributed by atoms with Crippen molar-refractivity contribution >= 4 is 11.5 Å². The molecule has 0 aliphatic carbocycles. The molecule has 3 aromatic heterocycles. The number of anilines is 1. The summed E-state index contributed by atoms with van der Waals surface area (Å²) in [5, 5.41) is 11.3. The monoisotopic (exact) mass is 456 g/mol. The van der Waals surface area contributed by atoms with Gasteiger partial charge in [0.2, 0.25) is 0 Å². The van der Waals surface area contributed by atoms with Crippen molar-refractivity contribution in [2.45, 2.75) is 39.4 Å². The Kier molecular flexibility index (Phi) is 5.02. The zero-order valence-corrected chi connectivity index (χ0v) is 18.0. The molecule has 6 nitrogen and oxygen atoms in total. The number of alkyl halides is 3. The van der Waals surface area contributed by atoms with Gasteiger partial charge in [0.05, 0.1) is 0 Å². The first-order chi connectivity index (χ1) is 15.7. The number of benzene rings is 1. The number of rotatable bonds is 3. The average Bonchev–Trinajstić information content (AvgIpc) is 3.22. The lowest BCUT2D eigenvalue weighted by Crippen LogP contribution is -2.33. The van der Waals surface area contributed by atoms with Gasteiger partial charge in [0, 0.05) is 48.9 Å². The fourth-order valence-electron chi connectivity index (χ4n) is 4.21. The summed E-state index contributed by atoms with van der Waals surface area (Å²) >= 11 is 0. The Morgan fingerprint density at radius 1 is 1.06 bits per heavy atom. The van der Waals surface area contributed by atoms with E-state index in [1.807, 2.05) is 17.9 Å². The van der Waals surface area contributed by atoms with E-state index in [-0.39, 0.29) is 11.5 Å². The number of hydrogen-bond donors (Lipinski definition) is 0. The molecule has 170 valence electrons. The van der Waals surface area contributed by atoms with E-state index in [1.165, 1.54) is 6.07 Å². The van der Waals surface area contributed by atoms with E-state index in [0.29, 0.717) is 42.9 Å². The molecule has 1 aliphatic heterocycles. The second kappa shape index (κ2) is 7.79.